The molecule has 148 valence electrons. The third-order valence-electron chi connectivity index (χ3n) is 4.99. The maximum Gasteiger partial charge on any atom is 0.119 e. The van der Waals surface area contributed by atoms with Crippen molar-refractivity contribution in [1.82, 2.24) is 5.32 Å². The minimum Gasteiger partial charge on any atom is -0.508 e. The lowest BCUT2D eigenvalue weighted by atomic mass is 9.96. The van der Waals surface area contributed by atoms with E-state index in [1.807, 2.05) is 12.1 Å². The van der Waals surface area contributed by atoms with E-state index in [0.29, 0.717) is 14.3 Å². The molecule has 2 unspecified atom stereocenters. The van der Waals surface area contributed by atoms with Crippen LogP contribution in [0.1, 0.15) is 57.7 Å². The van der Waals surface area contributed by atoms with Gasteiger partial charge in [0.05, 0.1) is 7.11 Å². The fourth-order valence-electron chi connectivity index (χ4n) is 3.08. The first-order valence-corrected chi connectivity index (χ1v) is 10.6. The van der Waals surface area contributed by atoms with E-state index in [2.05, 4.69) is 65.1 Å². The Hall–Kier alpha value is -1.57. The molecule has 0 aliphatic heterocycles. The summed E-state index contributed by atoms with van der Waals surface area (Å²) in [6, 6.07) is 12.2. The second-order valence-corrected chi connectivity index (χ2v) is 10.4. The average Bonchev–Trinajstić information content (AvgIpc) is 2.61. The molecule has 2 atom stereocenters. The van der Waals surface area contributed by atoms with E-state index in [-0.39, 0.29) is 10.7 Å². The zero-order valence-corrected chi connectivity index (χ0v) is 18.7. The van der Waals surface area contributed by atoms with Crippen LogP contribution in [0.2, 0.25) is 0 Å². The number of nitrogens with one attached hydrogen (secondary N) is 1. The molecule has 0 bridgehead atoms. The van der Waals surface area contributed by atoms with Crippen molar-refractivity contribution in [2.24, 2.45) is 0 Å². The molecule has 2 aromatic rings. The number of aryl methyl sites for hydroxylation is 1. The van der Waals surface area contributed by atoms with E-state index >= 15 is 0 Å². The van der Waals surface area contributed by atoms with Crippen molar-refractivity contribution in [1.29, 1.82) is 0 Å². The molecule has 0 saturated carbocycles. The molecule has 0 fully saturated rings. The Morgan fingerprint density at radius 2 is 1.78 bits per heavy atom. The van der Waals surface area contributed by atoms with E-state index in [0.717, 1.165) is 24.3 Å². The normalized spacial score (nSPS) is 14.5. The molecule has 0 aliphatic rings. The number of methoxy groups -OCH3 is 1. The number of phenolic OH excluding ortho intramolecular Hbond substituents is 1. The van der Waals surface area contributed by atoms with Crippen molar-refractivity contribution in [2.45, 2.75) is 65.2 Å². The van der Waals surface area contributed by atoms with Gasteiger partial charge in [0.25, 0.3) is 0 Å². The second kappa shape index (κ2) is 8.63. The predicted molar refractivity (Wildman–Crippen MR) is 118 cm³/mol. The Labute approximate surface area is 166 Å². The molecule has 3 nitrogen and oxygen atoms in total. The van der Waals surface area contributed by atoms with Crippen LogP contribution in [-0.4, -0.2) is 17.8 Å². The summed E-state index contributed by atoms with van der Waals surface area (Å²) in [4.78, 5) is 0. The first-order valence-electron chi connectivity index (χ1n) is 9.58. The molecule has 0 spiro atoms. The zero-order valence-electron chi connectivity index (χ0n) is 17.7. The lowest BCUT2D eigenvalue weighted by molar-refractivity contribution is 0.408. The second-order valence-electron chi connectivity index (χ2n) is 8.46. The molecule has 0 heterocycles. The number of hydrogen-bond acceptors (Lipinski definition) is 3. The van der Waals surface area contributed by atoms with Crippen molar-refractivity contribution >= 4 is 13.9 Å². The highest BCUT2D eigenvalue weighted by Crippen LogP contribution is 2.48. The van der Waals surface area contributed by atoms with Gasteiger partial charge >= 0.3 is 0 Å². The smallest absolute Gasteiger partial charge is 0.119 e. The summed E-state index contributed by atoms with van der Waals surface area (Å²) < 4.78 is 5.40. The highest BCUT2D eigenvalue weighted by Gasteiger charge is 2.29. The van der Waals surface area contributed by atoms with Crippen molar-refractivity contribution < 1.29 is 9.84 Å². The number of aromatic hydroxyl groups is 1. The Morgan fingerprint density at radius 3 is 2.37 bits per heavy atom. The molecule has 0 aliphatic carbocycles. The first-order chi connectivity index (χ1) is 12.6. The van der Waals surface area contributed by atoms with E-state index in [4.69, 9.17) is 4.74 Å². The quantitative estimate of drug-likeness (QED) is 0.640. The fraction of sp³-hybridized carbons (Fsp3) is 0.478. The summed E-state index contributed by atoms with van der Waals surface area (Å²) in [5.41, 5.74) is 3.64. The van der Waals surface area contributed by atoms with Crippen molar-refractivity contribution in [2.75, 3.05) is 7.11 Å². The number of phenols is 1. The predicted octanol–water partition coefficient (Wildman–Crippen LogP) is 5.23. The van der Waals surface area contributed by atoms with Gasteiger partial charge in [0.15, 0.2) is 0 Å². The summed E-state index contributed by atoms with van der Waals surface area (Å²) in [6.45, 7) is 14.0. The lowest BCUT2D eigenvalue weighted by Gasteiger charge is -2.31. The van der Waals surface area contributed by atoms with Crippen LogP contribution in [0.25, 0.3) is 0 Å². The highest BCUT2D eigenvalue weighted by molar-refractivity contribution is 7.48. The Bertz CT molecular complexity index is 782. The van der Waals surface area contributed by atoms with Crippen LogP contribution < -0.4 is 15.4 Å². The van der Waals surface area contributed by atoms with Crippen LogP contribution in [0, 0.1) is 6.92 Å². The summed E-state index contributed by atoms with van der Waals surface area (Å²) in [5, 5.41) is 15.4. The average molecular weight is 388 g/mol. The van der Waals surface area contributed by atoms with E-state index < -0.39 is 0 Å². The Balaban J connectivity index is 2.40. The number of rotatable bonds is 7. The summed E-state index contributed by atoms with van der Waals surface area (Å²) in [6.07, 6.45) is 0.937. The summed E-state index contributed by atoms with van der Waals surface area (Å²) in [7, 11) is 2.22. The molecule has 0 radical (unpaired) electrons. The Kier molecular flexibility index (Phi) is 6.94. The third-order valence-corrected chi connectivity index (χ3v) is 6.92. The fourth-order valence-corrected chi connectivity index (χ4v) is 4.67. The van der Waals surface area contributed by atoms with Gasteiger partial charge in [0, 0.05) is 22.8 Å². The van der Waals surface area contributed by atoms with Gasteiger partial charge in [-0.25, -0.2) is 0 Å². The largest absolute Gasteiger partial charge is 0.508 e. The van der Waals surface area contributed by atoms with E-state index in [1.165, 1.54) is 16.4 Å². The summed E-state index contributed by atoms with van der Waals surface area (Å²) >= 11 is 0. The van der Waals surface area contributed by atoms with Gasteiger partial charge < -0.3 is 15.2 Å². The Morgan fingerprint density at radius 1 is 1.07 bits per heavy atom. The van der Waals surface area contributed by atoms with Crippen LogP contribution in [0.15, 0.2) is 36.4 Å². The van der Waals surface area contributed by atoms with Crippen LogP contribution in [-0.2, 0) is 11.7 Å². The van der Waals surface area contributed by atoms with Crippen molar-refractivity contribution in [3.05, 3.63) is 53.1 Å². The van der Waals surface area contributed by atoms with Gasteiger partial charge in [-0.1, -0.05) is 46.2 Å². The maximum atomic E-state index is 10.5. The standard InChI is InChI=1S/C23H34NO2P/c1-8-23(6,19-14-18(26-7)10-11-20(19)25)27-21-12-9-16(2)13-17(21)15-24-22(3,4)5/h9-14,24-25,27H,8,15H2,1-7H3. The number of ether oxygens (including phenoxy) is 1. The highest BCUT2D eigenvalue weighted by atomic mass is 31.1. The summed E-state index contributed by atoms with van der Waals surface area (Å²) in [5.74, 6) is 1.12. The molecule has 27 heavy (non-hydrogen) atoms. The molecular formula is C23H34NO2P. The van der Waals surface area contributed by atoms with Crippen LogP contribution in [0.5, 0.6) is 11.5 Å². The van der Waals surface area contributed by atoms with Crippen molar-refractivity contribution in [3.63, 3.8) is 0 Å². The van der Waals surface area contributed by atoms with Gasteiger partial charge in [-0.2, -0.15) is 0 Å². The van der Waals surface area contributed by atoms with Crippen LogP contribution in [0.4, 0.5) is 0 Å². The zero-order chi connectivity index (χ0) is 20.2. The number of hydrogen-bond donors (Lipinski definition) is 2. The van der Waals surface area contributed by atoms with E-state index in [1.54, 1.807) is 13.2 Å². The first kappa shape index (κ1) is 21.7. The molecule has 0 amide bonds. The van der Waals surface area contributed by atoms with Gasteiger partial charge in [0.1, 0.15) is 11.5 Å². The minimum atomic E-state index is -0.148. The van der Waals surface area contributed by atoms with Crippen molar-refractivity contribution in [3.8, 4) is 11.5 Å². The number of benzene rings is 2. The molecule has 4 heteroatoms. The molecule has 2 aromatic carbocycles. The molecular weight excluding hydrogens is 353 g/mol. The monoisotopic (exact) mass is 387 g/mol. The minimum absolute atomic E-state index is 0.0727. The van der Waals surface area contributed by atoms with Crippen LogP contribution in [0.3, 0.4) is 0 Å². The van der Waals surface area contributed by atoms with Crippen LogP contribution >= 0.6 is 8.58 Å². The van der Waals surface area contributed by atoms with Gasteiger partial charge in [-0.05, 0) is 63.2 Å². The SMILES string of the molecule is CCC(C)(Pc1ccc(C)cc1CNC(C)(C)C)c1cc(OC)ccc1O. The van der Waals surface area contributed by atoms with Gasteiger partial charge in [0.2, 0.25) is 0 Å². The topological polar surface area (TPSA) is 41.5 Å². The molecule has 0 saturated heterocycles. The van der Waals surface area contributed by atoms with Gasteiger partial charge in [-0.15, -0.1) is 0 Å². The lowest BCUT2D eigenvalue weighted by Crippen LogP contribution is -2.36. The molecule has 0 aromatic heterocycles. The van der Waals surface area contributed by atoms with E-state index in [9.17, 15) is 5.11 Å². The third kappa shape index (κ3) is 5.70. The molecule has 2 N–H and O–H groups in total. The molecule has 2 rings (SSSR count). The maximum absolute atomic E-state index is 10.5. The van der Waals surface area contributed by atoms with Gasteiger partial charge in [-0.3, -0.25) is 0 Å².